The van der Waals surface area contributed by atoms with E-state index in [-0.39, 0.29) is 28.9 Å². The SMILES string of the molecule is CC(C)CC1=Cc2c(ccc(-c3ccccc3)c2-c2cc(C(C)(C)C)cc(C(C)(C)C)c2)[CH]1[Zr]([Cl])([Cl])([c]1cccc2c1[SiH2]c1ccccc1-2)[CH]1C(CC(C)C)=Cc2c1ccc(-c1ccccc1)c2-c1cc(C(C)(C)C)cc(C(C)(C)C)c1. The standard InChI is InChI=1S/2C33H39.C12H9Si.2ClH.Zr/c2*1-22(2)16-23-17-25-14-15-29(24-12-10-9-11-13-24)31(30(25)18-23)26-19-27(32(3,4)5)21-28(20-26)33(6,7)8;1-3-7-11-9(5-1)10-6-2-4-8-12(10)13-11;;;/h2*9-15,17-22H,16H2,1-8H3;1-7H,13H2;2*1H;/q;;;;;+2/p-2. The van der Waals surface area contributed by atoms with Crippen LogP contribution in [-0.4, -0.2) is 9.52 Å². The summed E-state index contributed by atoms with van der Waals surface area (Å²) in [5, 5.41) is 2.94. The molecular weight excluding hydrogens is 1130 g/mol. The molecule has 0 nitrogen and oxygen atoms in total. The fraction of sp³-hybridized carbons (Fsp3) is 0.333. The van der Waals surface area contributed by atoms with Crippen LogP contribution < -0.4 is 13.6 Å². The third-order valence-corrected chi connectivity index (χ3v) is 41.2. The van der Waals surface area contributed by atoms with Crippen molar-refractivity contribution in [3.8, 4) is 55.6 Å². The number of hydrogen-bond acceptors (Lipinski definition) is 0. The van der Waals surface area contributed by atoms with E-state index in [2.05, 4.69) is 287 Å². The average Bonchev–Trinajstić information content (AvgIpc) is 1.48. The molecular formula is C78H87Cl2SiZr. The van der Waals surface area contributed by atoms with E-state index in [1.54, 1.807) is 0 Å². The first-order valence-corrected chi connectivity index (χ1v) is 42.3. The van der Waals surface area contributed by atoms with Crippen molar-refractivity contribution in [2.75, 3.05) is 0 Å². The number of benzene rings is 8. The van der Waals surface area contributed by atoms with Crippen molar-refractivity contribution in [3.63, 3.8) is 0 Å². The normalized spacial score (nSPS) is 16.9. The molecule has 4 heteroatoms. The van der Waals surface area contributed by atoms with Crippen molar-refractivity contribution in [2.45, 2.75) is 153 Å². The number of halogens is 2. The minimum atomic E-state index is -6.06. The van der Waals surface area contributed by atoms with Crippen LogP contribution in [-0.2, 0) is 38.1 Å². The van der Waals surface area contributed by atoms with Gasteiger partial charge in [-0.3, -0.25) is 0 Å². The van der Waals surface area contributed by atoms with Crippen molar-refractivity contribution in [3.05, 3.63) is 219 Å². The van der Waals surface area contributed by atoms with Crippen LogP contribution in [0.15, 0.2) is 175 Å². The molecule has 82 heavy (non-hydrogen) atoms. The molecule has 1 heterocycles. The van der Waals surface area contributed by atoms with Crippen molar-refractivity contribution < 1.29 is 16.4 Å². The molecule has 1 aliphatic heterocycles. The predicted molar refractivity (Wildman–Crippen MR) is 361 cm³/mol. The Labute approximate surface area is 504 Å². The molecule has 0 bridgehead atoms. The first-order chi connectivity index (χ1) is 38.5. The van der Waals surface area contributed by atoms with Gasteiger partial charge in [0.1, 0.15) is 0 Å². The topological polar surface area (TPSA) is 0 Å². The molecule has 0 amide bonds. The zero-order valence-electron chi connectivity index (χ0n) is 51.9. The van der Waals surface area contributed by atoms with Crippen molar-refractivity contribution in [1.82, 2.24) is 0 Å². The first-order valence-electron chi connectivity index (χ1n) is 30.5. The zero-order valence-corrected chi connectivity index (χ0v) is 57.3. The van der Waals surface area contributed by atoms with Crippen LogP contribution in [0.25, 0.3) is 67.8 Å². The summed E-state index contributed by atoms with van der Waals surface area (Å²) in [6.07, 6.45) is 7.02. The van der Waals surface area contributed by atoms with Crippen LogP contribution in [0, 0.1) is 11.8 Å². The summed E-state index contributed by atoms with van der Waals surface area (Å²) in [5.41, 5.74) is 25.7. The molecule has 0 fully saturated rings. The molecule has 421 valence electrons. The summed E-state index contributed by atoms with van der Waals surface area (Å²) < 4.78 is 0.841. The Morgan fingerprint density at radius 1 is 0.402 bits per heavy atom. The second-order valence-electron chi connectivity index (χ2n) is 29.6. The quantitative estimate of drug-likeness (QED) is 0.113. The van der Waals surface area contributed by atoms with Gasteiger partial charge in [0.15, 0.2) is 0 Å². The Hall–Kier alpha value is -5.08. The monoisotopic (exact) mass is 1210 g/mol. The number of hydrogen-bond donors (Lipinski definition) is 0. The van der Waals surface area contributed by atoms with Crippen molar-refractivity contribution >= 4 is 52.3 Å². The van der Waals surface area contributed by atoms with Crippen molar-refractivity contribution in [1.29, 1.82) is 0 Å². The molecule has 0 saturated carbocycles. The van der Waals surface area contributed by atoms with Crippen LogP contribution in [0.4, 0.5) is 0 Å². The van der Waals surface area contributed by atoms with E-state index < -0.39 is 25.9 Å². The Morgan fingerprint density at radius 3 is 1.17 bits per heavy atom. The summed E-state index contributed by atoms with van der Waals surface area (Å²) >= 11 is -6.06. The van der Waals surface area contributed by atoms with Gasteiger partial charge < -0.3 is 0 Å². The molecule has 0 aromatic heterocycles. The van der Waals surface area contributed by atoms with E-state index in [1.807, 2.05) is 0 Å². The second-order valence-corrected chi connectivity index (χ2v) is 52.1. The molecule has 8 aromatic carbocycles. The maximum absolute atomic E-state index is 9.94. The summed E-state index contributed by atoms with van der Waals surface area (Å²) in [7, 11) is 18.9. The van der Waals surface area contributed by atoms with E-state index in [9.17, 15) is 17.0 Å². The van der Waals surface area contributed by atoms with Gasteiger partial charge in [-0.2, -0.15) is 0 Å². The molecule has 0 saturated heterocycles. The first kappa shape index (κ1) is 58.7. The number of fused-ring (bicyclic) bond motifs is 5. The van der Waals surface area contributed by atoms with Crippen LogP contribution in [0.1, 0.15) is 175 Å². The predicted octanol–water partition coefficient (Wildman–Crippen LogP) is 20.6. The van der Waals surface area contributed by atoms with Gasteiger partial charge in [-0.1, -0.05) is 0 Å². The van der Waals surface area contributed by atoms with E-state index in [0.717, 1.165) is 12.8 Å². The Bertz CT molecular complexity index is 3590. The van der Waals surface area contributed by atoms with Crippen LogP contribution in [0.5, 0.6) is 0 Å². The minimum absolute atomic E-state index is 0.0737. The molecule has 11 rings (SSSR count). The van der Waals surface area contributed by atoms with Gasteiger partial charge in [0.2, 0.25) is 0 Å². The molecule has 0 radical (unpaired) electrons. The Balaban J connectivity index is 1.29. The summed E-state index contributed by atoms with van der Waals surface area (Å²) in [6, 6.07) is 63.3. The molecule has 0 spiro atoms. The third-order valence-electron chi connectivity index (χ3n) is 18.4. The van der Waals surface area contributed by atoms with Gasteiger partial charge in [0.25, 0.3) is 0 Å². The molecule has 8 aromatic rings. The molecule has 2 unspecified atom stereocenters. The van der Waals surface area contributed by atoms with Gasteiger partial charge in [-0.05, 0) is 0 Å². The van der Waals surface area contributed by atoms with Crippen molar-refractivity contribution in [2.24, 2.45) is 11.8 Å². The van der Waals surface area contributed by atoms with E-state index >= 15 is 0 Å². The van der Waals surface area contributed by atoms with Crippen LogP contribution >= 0.6 is 17.0 Å². The Morgan fingerprint density at radius 2 is 0.780 bits per heavy atom. The number of allylic oxidation sites excluding steroid dienone is 2. The molecule has 2 atom stereocenters. The fourth-order valence-corrected chi connectivity index (χ4v) is 42.1. The Kier molecular flexibility index (Phi) is 15.1. The molecule has 2 aliphatic carbocycles. The maximum atomic E-state index is 9.94. The van der Waals surface area contributed by atoms with Gasteiger partial charge >= 0.3 is 508 Å². The van der Waals surface area contributed by atoms with Crippen LogP contribution in [0.3, 0.4) is 0 Å². The van der Waals surface area contributed by atoms with E-state index in [0.29, 0.717) is 11.8 Å². The van der Waals surface area contributed by atoms with E-state index in [1.165, 1.54) is 125 Å². The zero-order chi connectivity index (χ0) is 58.7. The molecule has 0 N–H and O–H groups in total. The molecule has 3 aliphatic rings. The third kappa shape index (κ3) is 10.5. The van der Waals surface area contributed by atoms with Crippen LogP contribution in [0.2, 0.25) is 0 Å². The summed E-state index contributed by atoms with van der Waals surface area (Å²) in [5.74, 6) is 0.719. The van der Waals surface area contributed by atoms with E-state index in [4.69, 9.17) is 0 Å². The summed E-state index contributed by atoms with van der Waals surface area (Å²) in [4.78, 5) is 0. The van der Waals surface area contributed by atoms with Gasteiger partial charge in [-0.25, -0.2) is 0 Å². The average molecular weight is 1210 g/mol. The van der Waals surface area contributed by atoms with Gasteiger partial charge in [-0.15, -0.1) is 0 Å². The van der Waals surface area contributed by atoms with Gasteiger partial charge in [0, 0.05) is 0 Å². The number of rotatable bonds is 11. The summed E-state index contributed by atoms with van der Waals surface area (Å²) in [6.45, 7) is 37.9. The van der Waals surface area contributed by atoms with Gasteiger partial charge in [0.05, 0.1) is 0 Å². The second kappa shape index (κ2) is 21.2. The fourth-order valence-electron chi connectivity index (χ4n) is 14.3.